The number of aliphatic imine (C=N–C) groups is 1. The molecule has 1 fully saturated rings. The van der Waals surface area contributed by atoms with Crippen molar-refractivity contribution in [1.82, 2.24) is 10.2 Å². The van der Waals surface area contributed by atoms with Crippen molar-refractivity contribution in [1.29, 1.82) is 0 Å². The minimum atomic E-state index is 0.160. The molecular weight excluding hydrogens is 250 g/mol. The Labute approximate surface area is 118 Å². The van der Waals surface area contributed by atoms with Gasteiger partial charge in [0.2, 0.25) is 5.91 Å². The molecule has 1 saturated heterocycles. The number of nitrogens with one attached hydrogen (secondary N) is 1. The van der Waals surface area contributed by atoms with Crippen molar-refractivity contribution in [3.8, 4) is 0 Å². The molecule has 1 amide bonds. The number of nitrogens with zero attached hydrogens (tertiary/aromatic N) is 2. The molecule has 1 N–H and O–H groups in total. The van der Waals surface area contributed by atoms with Crippen LogP contribution in [0.25, 0.3) is 0 Å². The molecule has 0 aliphatic carbocycles. The van der Waals surface area contributed by atoms with Gasteiger partial charge in [-0.05, 0) is 12.0 Å². The summed E-state index contributed by atoms with van der Waals surface area (Å²) in [6, 6.07) is 10.4. The molecule has 2 heterocycles. The van der Waals surface area contributed by atoms with Crippen LogP contribution in [0.5, 0.6) is 0 Å². The van der Waals surface area contributed by atoms with Gasteiger partial charge in [-0.25, -0.2) is 4.99 Å². The van der Waals surface area contributed by atoms with Gasteiger partial charge >= 0.3 is 0 Å². The second kappa shape index (κ2) is 5.76. The van der Waals surface area contributed by atoms with Crippen LogP contribution < -0.4 is 5.32 Å². The first kappa shape index (κ1) is 12.7. The molecule has 1 unspecified atom stereocenters. The van der Waals surface area contributed by atoms with E-state index < -0.39 is 0 Å². The monoisotopic (exact) mass is 267 g/mol. The zero-order chi connectivity index (χ0) is 13.8. The Balaban J connectivity index is 1.58. The van der Waals surface area contributed by atoms with E-state index in [2.05, 4.69) is 40.4 Å². The second-order valence-corrected chi connectivity index (χ2v) is 5.11. The van der Waals surface area contributed by atoms with Crippen LogP contribution in [0.15, 0.2) is 53.4 Å². The van der Waals surface area contributed by atoms with Gasteiger partial charge in [0.1, 0.15) is 0 Å². The average molecular weight is 267 g/mol. The van der Waals surface area contributed by atoms with Crippen molar-refractivity contribution in [3.05, 3.63) is 54.0 Å². The van der Waals surface area contributed by atoms with E-state index in [1.165, 1.54) is 5.56 Å². The van der Waals surface area contributed by atoms with E-state index in [0.717, 1.165) is 25.2 Å². The average Bonchev–Trinajstić information content (AvgIpc) is 2.99. The normalized spacial score (nSPS) is 20.7. The SMILES string of the molecule is O=C(CC1=CN=C=CN1)N1CCC(c2ccccc2)C1. The van der Waals surface area contributed by atoms with E-state index in [0.29, 0.717) is 12.3 Å². The maximum Gasteiger partial charge on any atom is 0.228 e. The number of likely N-dealkylation sites (tertiary alicyclic amines) is 1. The van der Waals surface area contributed by atoms with Crippen molar-refractivity contribution in [2.24, 2.45) is 4.99 Å². The van der Waals surface area contributed by atoms with Crippen LogP contribution in [-0.4, -0.2) is 29.8 Å². The molecule has 0 saturated carbocycles. The van der Waals surface area contributed by atoms with E-state index in [1.807, 2.05) is 11.0 Å². The predicted molar refractivity (Wildman–Crippen MR) is 78.2 cm³/mol. The van der Waals surface area contributed by atoms with Gasteiger partial charge in [0.05, 0.1) is 18.8 Å². The molecule has 2 aliphatic rings. The van der Waals surface area contributed by atoms with Crippen LogP contribution in [0.4, 0.5) is 0 Å². The summed E-state index contributed by atoms with van der Waals surface area (Å²) in [6.07, 6.45) is 4.70. The molecule has 20 heavy (non-hydrogen) atoms. The van der Waals surface area contributed by atoms with Crippen molar-refractivity contribution >= 4 is 11.8 Å². The highest BCUT2D eigenvalue weighted by Gasteiger charge is 2.27. The maximum absolute atomic E-state index is 12.3. The zero-order valence-corrected chi connectivity index (χ0v) is 11.2. The lowest BCUT2D eigenvalue weighted by molar-refractivity contribution is -0.129. The van der Waals surface area contributed by atoms with E-state index in [9.17, 15) is 4.79 Å². The van der Waals surface area contributed by atoms with Gasteiger partial charge in [-0.1, -0.05) is 30.3 Å². The number of carbonyl (C=O) groups is 1. The third-order valence-corrected chi connectivity index (χ3v) is 3.77. The number of benzene rings is 1. The smallest absolute Gasteiger partial charge is 0.228 e. The fraction of sp³-hybridized carbons (Fsp3) is 0.312. The van der Waals surface area contributed by atoms with Gasteiger partial charge in [-0.3, -0.25) is 4.79 Å². The predicted octanol–water partition coefficient (Wildman–Crippen LogP) is 2.02. The van der Waals surface area contributed by atoms with E-state index in [4.69, 9.17) is 0 Å². The molecule has 1 aromatic carbocycles. The molecule has 3 rings (SSSR count). The minimum absolute atomic E-state index is 0.160. The van der Waals surface area contributed by atoms with E-state index >= 15 is 0 Å². The van der Waals surface area contributed by atoms with Gasteiger partial charge in [0.15, 0.2) is 0 Å². The van der Waals surface area contributed by atoms with E-state index in [-0.39, 0.29) is 5.91 Å². The maximum atomic E-state index is 12.3. The fourth-order valence-corrected chi connectivity index (χ4v) is 2.67. The van der Waals surface area contributed by atoms with Crippen LogP contribution in [0, 0.1) is 0 Å². The first-order chi connectivity index (χ1) is 9.83. The summed E-state index contributed by atoms with van der Waals surface area (Å²) < 4.78 is 0. The summed E-state index contributed by atoms with van der Waals surface area (Å²) in [6.45, 7) is 1.65. The number of rotatable bonds is 3. The molecule has 2 aliphatic heterocycles. The lowest BCUT2D eigenvalue weighted by Gasteiger charge is -2.18. The quantitative estimate of drug-likeness (QED) is 0.910. The Morgan fingerprint density at radius 3 is 3.00 bits per heavy atom. The van der Waals surface area contributed by atoms with Gasteiger partial charge in [-0.2, -0.15) is 0 Å². The highest BCUT2D eigenvalue weighted by Crippen LogP contribution is 2.27. The van der Waals surface area contributed by atoms with Crippen LogP contribution in [0.1, 0.15) is 24.3 Å². The lowest BCUT2D eigenvalue weighted by Crippen LogP contribution is -2.30. The molecule has 102 valence electrons. The van der Waals surface area contributed by atoms with Crippen LogP contribution >= 0.6 is 0 Å². The summed E-state index contributed by atoms with van der Waals surface area (Å²) in [5.41, 5.74) is 2.15. The molecule has 4 nitrogen and oxygen atoms in total. The third-order valence-electron chi connectivity index (χ3n) is 3.77. The fourth-order valence-electron chi connectivity index (χ4n) is 2.67. The van der Waals surface area contributed by atoms with E-state index in [1.54, 1.807) is 12.4 Å². The molecule has 0 aromatic heterocycles. The second-order valence-electron chi connectivity index (χ2n) is 5.11. The molecule has 4 heteroatoms. The van der Waals surface area contributed by atoms with Crippen LogP contribution in [-0.2, 0) is 4.79 Å². The molecular formula is C16H17N3O. The molecule has 0 spiro atoms. The Kier molecular flexibility index (Phi) is 3.66. The third kappa shape index (κ3) is 2.81. The molecule has 0 radical (unpaired) electrons. The largest absolute Gasteiger partial charge is 0.356 e. The van der Waals surface area contributed by atoms with Crippen molar-refractivity contribution in [2.75, 3.05) is 13.1 Å². The molecule has 1 aromatic rings. The number of hydrogen-bond acceptors (Lipinski definition) is 3. The first-order valence-electron chi connectivity index (χ1n) is 6.88. The summed E-state index contributed by atoms with van der Waals surface area (Å²) in [7, 11) is 0. The highest BCUT2D eigenvalue weighted by molar-refractivity contribution is 5.79. The Bertz CT molecular complexity index is 585. The van der Waals surface area contributed by atoms with Crippen molar-refractivity contribution in [2.45, 2.75) is 18.8 Å². The van der Waals surface area contributed by atoms with Gasteiger partial charge < -0.3 is 10.2 Å². The van der Waals surface area contributed by atoms with Crippen LogP contribution in [0.2, 0.25) is 0 Å². The summed E-state index contributed by atoms with van der Waals surface area (Å²) in [4.78, 5) is 18.1. The van der Waals surface area contributed by atoms with Crippen LogP contribution in [0.3, 0.4) is 0 Å². The number of carbonyl (C=O) groups excluding carboxylic acids is 1. The minimum Gasteiger partial charge on any atom is -0.356 e. The Hall–Kier alpha value is -2.32. The Morgan fingerprint density at radius 1 is 1.40 bits per heavy atom. The number of hydrogen-bond donors (Lipinski definition) is 1. The lowest BCUT2D eigenvalue weighted by atomic mass is 9.99. The number of amides is 1. The first-order valence-corrected chi connectivity index (χ1v) is 6.88. The van der Waals surface area contributed by atoms with Gasteiger partial charge in [0.25, 0.3) is 0 Å². The topological polar surface area (TPSA) is 44.7 Å². The summed E-state index contributed by atoms with van der Waals surface area (Å²) in [5.74, 6) is 3.30. The highest BCUT2D eigenvalue weighted by atomic mass is 16.2. The summed E-state index contributed by atoms with van der Waals surface area (Å²) in [5, 5.41) is 3.00. The van der Waals surface area contributed by atoms with Crippen molar-refractivity contribution < 1.29 is 4.79 Å². The standard InChI is InChI=1S/C16H17N3O/c20-16(10-15-11-17-7-8-18-15)19-9-6-14(12-19)13-4-2-1-3-5-13/h1-5,8,11,14,18H,6,9-10,12H2. The van der Waals surface area contributed by atoms with Crippen molar-refractivity contribution in [3.63, 3.8) is 0 Å². The van der Waals surface area contributed by atoms with Gasteiger partial charge in [0, 0.05) is 30.6 Å². The molecule has 1 atom stereocenters. The zero-order valence-electron chi connectivity index (χ0n) is 11.2. The Morgan fingerprint density at radius 2 is 2.25 bits per heavy atom. The summed E-state index contributed by atoms with van der Waals surface area (Å²) >= 11 is 0. The van der Waals surface area contributed by atoms with Gasteiger partial charge in [-0.15, -0.1) is 0 Å². The molecule has 0 bridgehead atoms.